The molecule has 0 bridgehead atoms. The Labute approximate surface area is 340 Å². The second kappa shape index (κ2) is 12.1. The highest BCUT2D eigenvalue weighted by atomic mass is 32.1. The van der Waals surface area contributed by atoms with Gasteiger partial charge in [0, 0.05) is 61.6 Å². The first-order valence-corrected chi connectivity index (χ1v) is 21.9. The molecular formula is C54H30S3. The molecule has 0 saturated carbocycles. The lowest BCUT2D eigenvalue weighted by Crippen LogP contribution is -1.82. The van der Waals surface area contributed by atoms with E-state index in [1.54, 1.807) is 0 Å². The van der Waals surface area contributed by atoms with Gasteiger partial charge in [-0.2, -0.15) is 0 Å². The smallest absolute Gasteiger partial charge is 0.0451 e. The van der Waals surface area contributed by atoms with Crippen LogP contribution in [0.1, 0.15) is 0 Å². The zero-order valence-corrected chi connectivity index (χ0v) is 33.0. The van der Waals surface area contributed by atoms with Gasteiger partial charge in [-0.1, -0.05) is 146 Å². The van der Waals surface area contributed by atoms with E-state index in [0.29, 0.717) is 0 Å². The van der Waals surface area contributed by atoms with Gasteiger partial charge in [0.2, 0.25) is 0 Å². The maximum absolute atomic E-state index is 2.52. The molecular weight excluding hydrogens is 745 g/mol. The summed E-state index contributed by atoms with van der Waals surface area (Å²) >= 11 is 5.89. The van der Waals surface area contributed by atoms with Gasteiger partial charge in [0.15, 0.2) is 0 Å². The highest BCUT2D eigenvalue weighted by Gasteiger charge is 2.23. The lowest BCUT2D eigenvalue weighted by Gasteiger charge is -2.10. The van der Waals surface area contributed by atoms with Crippen molar-refractivity contribution in [2.45, 2.75) is 0 Å². The molecule has 0 spiro atoms. The lowest BCUT2D eigenvalue weighted by molar-refractivity contribution is 1.76. The summed E-state index contributed by atoms with van der Waals surface area (Å²) in [4.78, 5) is 3.96. The molecule has 10 aromatic carbocycles. The number of rotatable bonds is 3. The minimum absolute atomic E-state index is 1.28. The molecule has 13 rings (SSSR count). The molecule has 0 N–H and O–H groups in total. The van der Waals surface area contributed by atoms with Crippen LogP contribution in [0.3, 0.4) is 0 Å². The Kier molecular flexibility index (Phi) is 6.73. The second-order valence-corrected chi connectivity index (χ2v) is 18.3. The largest absolute Gasteiger partial charge is 0.134 e. The van der Waals surface area contributed by atoms with Crippen LogP contribution < -0.4 is 0 Å². The summed E-state index contributed by atoms with van der Waals surface area (Å²) in [6.45, 7) is 0. The summed E-state index contributed by atoms with van der Waals surface area (Å²) in [7, 11) is 0. The van der Waals surface area contributed by atoms with Gasteiger partial charge in [0.1, 0.15) is 0 Å². The molecule has 0 nitrogen and oxygen atoms in total. The number of benzene rings is 10. The summed E-state index contributed by atoms with van der Waals surface area (Å²) in [5.74, 6) is 0. The van der Waals surface area contributed by atoms with Crippen LogP contribution in [0.5, 0.6) is 0 Å². The second-order valence-electron chi connectivity index (χ2n) is 15.1. The van der Waals surface area contributed by atoms with Crippen LogP contribution in [-0.4, -0.2) is 0 Å². The topological polar surface area (TPSA) is 0 Å². The monoisotopic (exact) mass is 774 g/mol. The maximum Gasteiger partial charge on any atom is 0.0451 e. The summed E-state index contributed by atoms with van der Waals surface area (Å²) in [6, 6.07) is 68.0. The van der Waals surface area contributed by atoms with Gasteiger partial charge in [-0.3, -0.25) is 0 Å². The van der Waals surface area contributed by atoms with E-state index in [1.165, 1.54) is 126 Å². The third kappa shape index (κ3) is 4.65. The Bertz CT molecular complexity index is 3160. The molecule has 0 aliphatic carbocycles. The van der Waals surface area contributed by atoms with Crippen molar-refractivity contribution in [3.8, 4) is 31.3 Å². The lowest BCUT2D eigenvalue weighted by atomic mass is 9.95. The van der Waals surface area contributed by atoms with E-state index in [-0.39, 0.29) is 0 Å². The van der Waals surface area contributed by atoms with Crippen LogP contribution in [0, 0.1) is 0 Å². The third-order valence-corrected chi connectivity index (χ3v) is 15.5. The summed E-state index contributed by atoms with van der Waals surface area (Å²) < 4.78 is 4.10. The molecule has 13 aromatic rings. The van der Waals surface area contributed by atoms with Gasteiger partial charge in [0.25, 0.3) is 0 Å². The quantitative estimate of drug-likeness (QED) is 0.157. The average Bonchev–Trinajstić information content (AvgIpc) is 4.01. The van der Waals surface area contributed by atoms with Gasteiger partial charge in [-0.25, -0.2) is 0 Å². The van der Waals surface area contributed by atoms with E-state index in [2.05, 4.69) is 182 Å². The fourth-order valence-electron chi connectivity index (χ4n) is 9.49. The van der Waals surface area contributed by atoms with Crippen molar-refractivity contribution in [2.24, 2.45) is 0 Å². The Balaban J connectivity index is 1.18. The van der Waals surface area contributed by atoms with E-state index in [1.807, 2.05) is 34.0 Å². The van der Waals surface area contributed by atoms with Gasteiger partial charge in [-0.15, -0.1) is 34.0 Å². The van der Waals surface area contributed by atoms with E-state index in [9.17, 15) is 0 Å². The van der Waals surface area contributed by atoms with Gasteiger partial charge < -0.3 is 0 Å². The highest BCUT2D eigenvalue weighted by molar-refractivity contribution is 7.30. The normalized spacial score (nSPS) is 12.2. The third-order valence-electron chi connectivity index (χ3n) is 12.0. The summed E-state index contributed by atoms with van der Waals surface area (Å²) in [6.07, 6.45) is 0. The minimum Gasteiger partial charge on any atom is -0.134 e. The van der Waals surface area contributed by atoms with E-state index < -0.39 is 0 Å². The van der Waals surface area contributed by atoms with E-state index >= 15 is 0 Å². The molecule has 0 radical (unpaired) electrons. The molecule has 0 saturated heterocycles. The molecule has 3 aromatic heterocycles. The molecule has 0 fully saturated rings. The van der Waals surface area contributed by atoms with Crippen LogP contribution in [0.2, 0.25) is 0 Å². The number of fused-ring (bicyclic) bond motifs is 12. The van der Waals surface area contributed by atoms with Crippen molar-refractivity contribution in [3.05, 3.63) is 182 Å². The molecule has 3 heteroatoms. The molecule has 0 aliphatic heterocycles. The van der Waals surface area contributed by atoms with Crippen molar-refractivity contribution in [2.75, 3.05) is 0 Å². The molecule has 57 heavy (non-hydrogen) atoms. The van der Waals surface area contributed by atoms with Crippen LogP contribution in [0.4, 0.5) is 0 Å². The Morgan fingerprint density at radius 1 is 0.211 bits per heavy atom. The Morgan fingerprint density at radius 2 is 0.421 bits per heavy atom. The van der Waals surface area contributed by atoms with Gasteiger partial charge in [0.05, 0.1) is 0 Å². The number of hydrogen-bond acceptors (Lipinski definition) is 3. The first-order valence-electron chi connectivity index (χ1n) is 19.4. The molecule has 0 unspecified atom stereocenters. The predicted molar refractivity (Wildman–Crippen MR) is 254 cm³/mol. The summed E-state index contributed by atoms with van der Waals surface area (Å²) in [5, 5.41) is 19.5. The minimum atomic E-state index is 1.28. The number of thiophene rings is 3. The van der Waals surface area contributed by atoms with Crippen molar-refractivity contribution >= 4 is 129 Å². The summed E-state index contributed by atoms with van der Waals surface area (Å²) in [5.41, 5.74) is 4.00. The zero-order valence-electron chi connectivity index (χ0n) is 30.5. The average molecular weight is 775 g/mol. The zero-order chi connectivity index (χ0) is 37.2. The van der Waals surface area contributed by atoms with Crippen molar-refractivity contribution in [3.63, 3.8) is 0 Å². The fourth-order valence-corrected chi connectivity index (χ4v) is 13.5. The molecule has 264 valence electrons. The van der Waals surface area contributed by atoms with Crippen LogP contribution >= 0.6 is 34.0 Å². The standard InChI is InChI=1S/C54H30S3/c1-7-19-37-31(13-1)25-32-14-2-8-20-38(32)49(37)46-28-43-52(55-46)44-29-47(50-39-21-9-3-15-33(39)26-34-16-4-10-22-40(34)50)57-54(44)45-30-48(56-53(43)45)51-41-23-11-5-17-35(41)27-36-18-6-12-24-42(36)51/h1-30H. The van der Waals surface area contributed by atoms with Gasteiger partial charge in [-0.05, 0) is 101 Å². The van der Waals surface area contributed by atoms with Gasteiger partial charge >= 0.3 is 0 Å². The van der Waals surface area contributed by atoms with E-state index in [4.69, 9.17) is 0 Å². The van der Waals surface area contributed by atoms with Crippen molar-refractivity contribution in [1.29, 1.82) is 0 Å². The maximum atomic E-state index is 2.52. The molecule has 0 amide bonds. The van der Waals surface area contributed by atoms with Crippen LogP contribution in [0.25, 0.3) is 126 Å². The first-order chi connectivity index (χ1) is 28.2. The Morgan fingerprint density at radius 3 is 0.649 bits per heavy atom. The SMILES string of the molecule is c1ccc2c(-c3cc4c(s3)c3cc(-c5c6ccccc6cc6ccccc56)sc3c3cc(-c5c6ccccc6cc6ccccc56)sc43)c3ccccc3cc2c1. The van der Waals surface area contributed by atoms with Crippen molar-refractivity contribution < 1.29 is 0 Å². The van der Waals surface area contributed by atoms with Crippen molar-refractivity contribution in [1.82, 2.24) is 0 Å². The van der Waals surface area contributed by atoms with Crippen LogP contribution in [-0.2, 0) is 0 Å². The fraction of sp³-hybridized carbons (Fsp3) is 0. The number of hydrogen-bond donors (Lipinski definition) is 0. The molecule has 0 atom stereocenters. The Hall–Kier alpha value is -6.36. The molecule has 0 aliphatic rings. The predicted octanol–water partition coefficient (Wildman–Crippen LogP) is 17.3. The first kappa shape index (κ1) is 31.8. The molecule has 3 heterocycles. The van der Waals surface area contributed by atoms with E-state index in [0.717, 1.165) is 0 Å². The van der Waals surface area contributed by atoms with Crippen LogP contribution in [0.15, 0.2) is 182 Å². The highest BCUT2D eigenvalue weighted by Crippen LogP contribution is 2.54.